The first-order valence-corrected chi connectivity index (χ1v) is 6.95. The molecule has 0 amide bonds. The van der Waals surface area contributed by atoms with Gasteiger partial charge in [-0.3, -0.25) is 0 Å². The molecule has 0 aromatic carbocycles. The van der Waals surface area contributed by atoms with Crippen LogP contribution in [0.3, 0.4) is 0 Å². The number of phosphoric acid groups is 2. The molecule has 16 heteroatoms. The van der Waals surface area contributed by atoms with E-state index in [1.165, 1.54) is 0 Å². The molecule has 2 N–H and O–H groups in total. The van der Waals surface area contributed by atoms with Crippen LogP contribution in [-0.2, 0) is 39.6 Å². The van der Waals surface area contributed by atoms with Gasteiger partial charge in [0.15, 0.2) is 0 Å². The van der Waals surface area contributed by atoms with Crippen LogP contribution < -0.4 is 29.2 Å². The van der Waals surface area contributed by atoms with Crippen LogP contribution in [0, 0.1) is 0 Å². The van der Waals surface area contributed by atoms with Gasteiger partial charge in [0.2, 0.25) is 0 Å². The zero-order valence-electron chi connectivity index (χ0n) is 7.17. The monoisotopic (exact) mass is 398 g/mol. The first-order chi connectivity index (χ1) is 5.71. The van der Waals surface area contributed by atoms with E-state index in [2.05, 4.69) is 4.31 Å². The molecule has 0 aliphatic heterocycles. The van der Waals surface area contributed by atoms with E-state index in [1.54, 1.807) is 0 Å². The predicted octanol–water partition coefficient (Wildman–Crippen LogP) is -7.60. The van der Waals surface area contributed by atoms with E-state index in [0.717, 1.165) is 0 Å². The standard InChI is InChI=1S/Ca.H4O7P2.H2O4Si.Zr/c;1-8(2,3)7-9(4,5)6;1-5(2,3)4;/h;(H2,1,2,3)(H2,4,5,6);1-2H;/q+2;;-2;+4/p-4. The molecule has 16 heavy (non-hydrogen) atoms. The summed E-state index contributed by atoms with van der Waals surface area (Å²) in [7, 11) is -16.5. The molecular weight excluding hydrogens is 397 g/mol. The van der Waals surface area contributed by atoms with Crippen molar-refractivity contribution >= 4 is 62.4 Å². The third-order valence-corrected chi connectivity index (χ3v) is 1.80. The second kappa shape index (κ2) is 10.3. The van der Waals surface area contributed by atoms with Crippen LogP contribution in [0.4, 0.5) is 0 Å². The summed E-state index contributed by atoms with van der Waals surface area (Å²) in [6.45, 7) is 0. The zero-order chi connectivity index (χ0) is 12.2. The van der Waals surface area contributed by atoms with Crippen molar-refractivity contribution in [3.05, 3.63) is 0 Å². The normalized spacial score (nSPS) is 11.5. The van der Waals surface area contributed by atoms with E-state index < -0.39 is 24.7 Å². The molecule has 0 aromatic rings. The molecule has 0 saturated carbocycles. The third-order valence-electron chi connectivity index (χ3n) is 0.200. The molecule has 0 unspecified atom stereocenters. The van der Waals surface area contributed by atoms with Crippen LogP contribution in [0.15, 0.2) is 0 Å². The van der Waals surface area contributed by atoms with Crippen molar-refractivity contribution in [3.63, 3.8) is 0 Å². The van der Waals surface area contributed by atoms with E-state index >= 15 is 0 Å². The number of hydrogen-bond donors (Lipinski definition) is 2. The Morgan fingerprint density at radius 3 is 1.06 bits per heavy atom. The van der Waals surface area contributed by atoms with Gasteiger partial charge in [0.25, 0.3) is 0 Å². The van der Waals surface area contributed by atoms with Gasteiger partial charge < -0.3 is 52.2 Å². The summed E-state index contributed by atoms with van der Waals surface area (Å²) in [4.78, 5) is 69.1. The molecule has 0 saturated heterocycles. The van der Waals surface area contributed by atoms with Gasteiger partial charge >= 0.3 is 63.9 Å². The van der Waals surface area contributed by atoms with E-state index in [0.29, 0.717) is 0 Å². The maximum absolute atomic E-state index is 9.32. The first-order valence-electron chi connectivity index (χ1n) is 2.32. The Bertz CT molecular complexity index is 221. The molecule has 0 aromatic heterocycles. The van der Waals surface area contributed by atoms with Gasteiger partial charge in [0.05, 0.1) is 15.6 Å². The average molecular weight is 399 g/mol. The van der Waals surface area contributed by atoms with Crippen LogP contribution in [0.25, 0.3) is 0 Å². The largest absolute Gasteiger partial charge is 4.00 e. The molecule has 0 radical (unpaired) electrons. The zero-order valence-corrected chi connectivity index (χ0v) is 14.6. The summed E-state index contributed by atoms with van der Waals surface area (Å²) in [6.07, 6.45) is 0. The molecule has 0 spiro atoms. The van der Waals surface area contributed by atoms with Crippen LogP contribution in [-0.4, -0.2) is 56.4 Å². The quantitative estimate of drug-likeness (QED) is 0.327. The Labute approximate surface area is 139 Å². The van der Waals surface area contributed by atoms with Crippen molar-refractivity contribution in [2.24, 2.45) is 0 Å². The van der Waals surface area contributed by atoms with Crippen molar-refractivity contribution in [1.82, 2.24) is 0 Å². The molecule has 0 heterocycles. The van der Waals surface area contributed by atoms with Crippen molar-refractivity contribution < 1.29 is 78.4 Å². The fourth-order valence-electron chi connectivity index (χ4n) is 0.122. The Balaban J connectivity index is -0.0000000904. The molecule has 88 valence electrons. The number of hydrogen-bond acceptors (Lipinski definition) is 11. The smallest absolute Gasteiger partial charge is 0.828 e. The summed E-state index contributed by atoms with van der Waals surface area (Å²) in [5, 5.41) is 0. The molecule has 0 fully saturated rings. The van der Waals surface area contributed by atoms with E-state index in [1.807, 2.05) is 0 Å². The van der Waals surface area contributed by atoms with Crippen molar-refractivity contribution in [2.75, 3.05) is 0 Å². The van der Waals surface area contributed by atoms with Crippen LogP contribution in [0.5, 0.6) is 0 Å². The van der Waals surface area contributed by atoms with E-state index in [4.69, 9.17) is 19.2 Å². The molecule has 0 bridgehead atoms. The first kappa shape index (κ1) is 26.9. The van der Waals surface area contributed by atoms with Crippen molar-refractivity contribution in [1.29, 1.82) is 0 Å². The van der Waals surface area contributed by atoms with E-state index in [9.17, 15) is 28.7 Å². The predicted molar refractivity (Wildman–Crippen MR) is 32.2 cm³/mol. The Morgan fingerprint density at radius 2 is 1.06 bits per heavy atom. The van der Waals surface area contributed by atoms with E-state index in [-0.39, 0.29) is 63.9 Å². The van der Waals surface area contributed by atoms with Gasteiger partial charge in [-0.1, -0.05) is 0 Å². The van der Waals surface area contributed by atoms with Crippen LogP contribution >= 0.6 is 15.6 Å². The molecule has 11 nitrogen and oxygen atoms in total. The number of rotatable bonds is 2. The minimum absolute atomic E-state index is 0. The SMILES string of the molecule is O=P([O-])([O-])OP(=O)([O-])[O-].[Ca+2].[O-][Si]([O-])(O)O.[Zr+4]. The summed E-state index contributed by atoms with van der Waals surface area (Å²) in [5.74, 6) is 0. The second-order valence-corrected chi connectivity index (χ2v) is 5.06. The Morgan fingerprint density at radius 1 is 0.938 bits per heavy atom. The van der Waals surface area contributed by atoms with Crippen molar-refractivity contribution in [3.8, 4) is 0 Å². The second-order valence-electron chi connectivity index (χ2n) is 1.52. The third kappa shape index (κ3) is 55.0. The molecule has 0 aliphatic carbocycles. The van der Waals surface area contributed by atoms with Gasteiger partial charge in [-0.2, -0.15) is 0 Å². The Kier molecular flexibility index (Phi) is 17.3. The fourth-order valence-corrected chi connectivity index (χ4v) is 1.10. The molecular formula is H2CaO11P2SiZr. The van der Waals surface area contributed by atoms with Gasteiger partial charge in [0.1, 0.15) is 9.05 Å². The maximum Gasteiger partial charge on any atom is 4.00 e. The van der Waals surface area contributed by atoms with Gasteiger partial charge in [0, 0.05) is 0 Å². The summed E-state index contributed by atoms with van der Waals surface area (Å²) >= 11 is 0. The minimum atomic E-state index is -5.68. The molecule has 0 aliphatic rings. The maximum atomic E-state index is 9.32. The average Bonchev–Trinajstić information content (AvgIpc) is 1.42. The fraction of sp³-hybridized carbons (Fsp3) is 0. The topological polar surface area (TPSA) is 222 Å². The molecule has 0 atom stereocenters. The van der Waals surface area contributed by atoms with Crippen LogP contribution in [0.1, 0.15) is 0 Å². The summed E-state index contributed by atoms with van der Waals surface area (Å²) in [6, 6.07) is 0. The molecule has 0 rings (SSSR count). The van der Waals surface area contributed by atoms with Gasteiger partial charge in [-0.05, 0) is 0 Å². The minimum Gasteiger partial charge on any atom is -0.828 e. The van der Waals surface area contributed by atoms with Crippen LogP contribution in [0.2, 0.25) is 0 Å². The van der Waals surface area contributed by atoms with Gasteiger partial charge in [-0.15, -0.1) is 0 Å². The summed E-state index contributed by atoms with van der Waals surface area (Å²) < 4.78 is 21.2. The Hall–Kier alpha value is 2.46. The van der Waals surface area contributed by atoms with Gasteiger partial charge in [-0.25, -0.2) is 0 Å². The summed E-state index contributed by atoms with van der Waals surface area (Å²) in [5.41, 5.74) is 0. The van der Waals surface area contributed by atoms with Crippen molar-refractivity contribution in [2.45, 2.75) is 0 Å².